The van der Waals surface area contributed by atoms with E-state index in [1.54, 1.807) is 36.7 Å². The second-order valence-corrected chi connectivity index (χ2v) is 7.89. The fourth-order valence-electron chi connectivity index (χ4n) is 4.07. The molecule has 5 rings (SSSR count). The molecule has 0 bridgehead atoms. The van der Waals surface area contributed by atoms with E-state index in [0.717, 1.165) is 13.1 Å². The average molecular weight is 442 g/mol. The second-order valence-electron chi connectivity index (χ2n) is 7.89. The number of carbonyl (C=O) groups is 1. The van der Waals surface area contributed by atoms with Gasteiger partial charge in [0.2, 0.25) is 0 Å². The molecule has 1 fully saturated rings. The van der Waals surface area contributed by atoms with Gasteiger partial charge in [-0.05, 0) is 37.3 Å². The maximum Gasteiger partial charge on any atom is 0.257 e. The molecule has 0 aliphatic carbocycles. The molecule has 0 atom stereocenters. The molecular weight excluding hydrogens is 419 g/mol. The fourth-order valence-corrected chi connectivity index (χ4v) is 4.07. The molecule has 3 heterocycles. The summed E-state index contributed by atoms with van der Waals surface area (Å²) in [6.45, 7) is 4.64. The van der Waals surface area contributed by atoms with Gasteiger partial charge in [-0.15, -0.1) is 0 Å². The minimum atomic E-state index is -0.357. The molecule has 1 aliphatic rings. The predicted octanol–water partition coefficient (Wildman–Crippen LogP) is 3.74. The molecular formula is C25H23FN6O. The number of piperazine rings is 1. The second kappa shape index (κ2) is 8.82. The van der Waals surface area contributed by atoms with E-state index in [4.69, 9.17) is 0 Å². The van der Waals surface area contributed by atoms with Crippen molar-refractivity contribution in [1.29, 1.82) is 0 Å². The number of halogens is 1. The Balaban J connectivity index is 1.34. The summed E-state index contributed by atoms with van der Waals surface area (Å²) in [5.74, 6) is -0.122. The lowest BCUT2D eigenvalue weighted by atomic mass is 10.1. The number of carbonyl (C=O) groups excluding carboxylic acids is 1. The molecule has 0 N–H and O–H groups in total. The van der Waals surface area contributed by atoms with Crippen LogP contribution in [0.1, 0.15) is 16.1 Å². The minimum Gasteiger partial charge on any atom is -0.368 e. The Hall–Kier alpha value is -4.07. The van der Waals surface area contributed by atoms with Gasteiger partial charge in [0.1, 0.15) is 5.82 Å². The highest BCUT2D eigenvalue weighted by Gasteiger charge is 2.25. The topological polar surface area (TPSA) is 67.2 Å². The number of aromatic nitrogens is 4. The van der Waals surface area contributed by atoms with Gasteiger partial charge in [-0.2, -0.15) is 5.10 Å². The summed E-state index contributed by atoms with van der Waals surface area (Å²) < 4.78 is 15.7. The van der Waals surface area contributed by atoms with Gasteiger partial charge in [0, 0.05) is 43.6 Å². The molecule has 33 heavy (non-hydrogen) atoms. The van der Waals surface area contributed by atoms with Crippen LogP contribution in [0.2, 0.25) is 0 Å². The summed E-state index contributed by atoms with van der Waals surface area (Å²) in [5.41, 5.74) is 3.18. The molecule has 1 amide bonds. The third-order valence-corrected chi connectivity index (χ3v) is 5.91. The number of hydrogen-bond donors (Lipinski definition) is 0. The Labute approximate surface area is 191 Å². The molecule has 7 nitrogen and oxygen atoms in total. The number of nitrogens with zero attached hydrogens (tertiary/aromatic N) is 6. The molecule has 1 aliphatic heterocycles. The van der Waals surface area contributed by atoms with E-state index < -0.39 is 0 Å². The summed E-state index contributed by atoms with van der Waals surface area (Å²) in [7, 11) is 0. The Bertz CT molecular complexity index is 1280. The lowest BCUT2D eigenvalue weighted by molar-refractivity contribution is 0.0746. The molecule has 1 saturated heterocycles. The Morgan fingerprint density at radius 3 is 2.42 bits per heavy atom. The van der Waals surface area contributed by atoms with Crippen LogP contribution in [0.15, 0.2) is 73.1 Å². The van der Waals surface area contributed by atoms with Crippen molar-refractivity contribution >= 4 is 11.6 Å². The molecule has 0 radical (unpaired) electrons. The van der Waals surface area contributed by atoms with Gasteiger partial charge in [-0.1, -0.05) is 30.3 Å². The number of amides is 1. The van der Waals surface area contributed by atoms with Crippen molar-refractivity contribution in [3.05, 3.63) is 90.1 Å². The minimum absolute atomic E-state index is 0.0586. The van der Waals surface area contributed by atoms with Crippen molar-refractivity contribution in [2.45, 2.75) is 6.92 Å². The standard InChI is InChI=1S/C25H23FN6O/c1-18-21(24(33)31-15-13-30(14-16-31)19-7-3-2-4-8-19)17-28-32(18)25-27-12-11-23(29-25)20-9-5-6-10-22(20)26/h2-12,17H,13-16H2,1H3. The lowest BCUT2D eigenvalue weighted by Crippen LogP contribution is -2.48. The van der Waals surface area contributed by atoms with Gasteiger partial charge in [-0.25, -0.2) is 19.0 Å². The Morgan fingerprint density at radius 2 is 1.67 bits per heavy atom. The largest absolute Gasteiger partial charge is 0.368 e. The smallest absolute Gasteiger partial charge is 0.257 e. The highest BCUT2D eigenvalue weighted by atomic mass is 19.1. The van der Waals surface area contributed by atoms with E-state index in [1.807, 2.05) is 30.0 Å². The highest BCUT2D eigenvalue weighted by molar-refractivity contribution is 5.95. The first-order valence-corrected chi connectivity index (χ1v) is 10.8. The van der Waals surface area contributed by atoms with E-state index in [0.29, 0.717) is 41.6 Å². The van der Waals surface area contributed by atoms with E-state index >= 15 is 0 Å². The zero-order chi connectivity index (χ0) is 22.8. The van der Waals surface area contributed by atoms with E-state index in [9.17, 15) is 9.18 Å². The average Bonchev–Trinajstić information content (AvgIpc) is 3.26. The predicted molar refractivity (Wildman–Crippen MR) is 124 cm³/mol. The number of para-hydroxylation sites is 1. The van der Waals surface area contributed by atoms with Crippen molar-refractivity contribution in [2.75, 3.05) is 31.1 Å². The van der Waals surface area contributed by atoms with Crippen molar-refractivity contribution in [3.8, 4) is 17.2 Å². The van der Waals surface area contributed by atoms with Gasteiger partial charge in [0.25, 0.3) is 11.9 Å². The van der Waals surface area contributed by atoms with Crippen LogP contribution in [0, 0.1) is 12.7 Å². The molecule has 0 saturated carbocycles. The molecule has 166 valence electrons. The SMILES string of the molecule is Cc1c(C(=O)N2CCN(c3ccccc3)CC2)cnn1-c1nccc(-c2ccccc2F)n1. The molecule has 2 aromatic heterocycles. The van der Waals surface area contributed by atoms with Crippen LogP contribution in [0.4, 0.5) is 10.1 Å². The van der Waals surface area contributed by atoms with Crippen LogP contribution in [0.5, 0.6) is 0 Å². The van der Waals surface area contributed by atoms with Crippen LogP contribution in [0.25, 0.3) is 17.2 Å². The van der Waals surface area contributed by atoms with Gasteiger partial charge in [0.15, 0.2) is 0 Å². The summed E-state index contributed by atoms with van der Waals surface area (Å²) in [5, 5.41) is 4.36. The lowest BCUT2D eigenvalue weighted by Gasteiger charge is -2.36. The number of rotatable bonds is 4. The Kier molecular flexibility index (Phi) is 5.56. The van der Waals surface area contributed by atoms with Crippen LogP contribution >= 0.6 is 0 Å². The van der Waals surface area contributed by atoms with Crippen molar-refractivity contribution < 1.29 is 9.18 Å². The first-order valence-electron chi connectivity index (χ1n) is 10.8. The van der Waals surface area contributed by atoms with Crippen molar-refractivity contribution in [3.63, 3.8) is 0 Å². The zero-order valence-electron chi connectivity index (χ0n) is 18.2. The van der Waals surface area contributed by atoms with E-state index in [-0.39, 0.29) is 11.7 Å². The Morgan fingerprint density at radius 1 is 0.939 bits per heavy atom. The van der Waals surface area contributed by atoms with E-state index in [1.165, 1.54) is 16.4 Å². The first kappa shape index (κ1) is 20.8. The van der Waals surface area contributed by atoms with Gasteiger partial charge in [-0.3, -0.25) is 4.79 Å². The number of benzene rings is 2. The first-order chi connectivity index (χ1) is 16.1. The summed E-state index contributed by atoms with van der Waals surface area (Å²) in [6, 6.07) is 18.3. The normalized spacial score (nSPS) is 13.9. The van der Waals surface area contributed by atoms with Gasteiger partial charge < -0.3 is 9.80 Å². The fraction of sp³-hybridized carbons (Fsp3) is 0.200. The zero-order valence-corrected chi connectivity index (χ0v) is 18.2. The number of hydrogen-bond acceptors (Lipinski definition) is 5. The summed E-state index contributed by atoms with van der Waals surface area (Å²) in [4.78, 5) is 26.1. The third-order valence-electron chi connectivity index (χ3n) is 5.91. The molecule has 4 aromatic rings. The van der Waals surface area contributed by atoms with Crippen LogP contribution in [-0.4, -0.2) is 56.7 Å². The van der Waals surface area contributed by atoms with Crippen molar-refractivity contribution in [1.82, 2.24) is 24.6 Å². The van der Waals surface area contributed by atoms with Crippen LogP contribution < -0.4 is 4.90 Å². The monoisotopic (exact) mass is 442 g/mol. The summed E-state index contributed by atoms with van der Waals surface area (Å²) in [6.07, 6.45) is 3.12. The van der Waals surface area contributed by atoms with E-state index in [2.05, 4.69) is 32.1 Å². The number of anilines is 1. The molecule has 8 heteroatoms. The third kappa shape index (κ3) is 4.07. The summed E-state index contributed by atoms with van der Waals surface area (Å²) >= 11 is 0. The highest BCUT2D eigenvalue weighted by Crippen LogP contribution is 2.22. The molecule has 2 aromatic carbocycles. The van der Waals surface area contributed by atoms with Gasteiger partial charge >= 0.3 is 0 Å². The van der Waals surface area contributed by atoms with Crippen molar-refractivity contribution in [2.24, 2.45) is 0 Å². The maximum absolute atomic E-state index is 14.2. The van der Waals surface area contributed by atoms with Gasteiger partial charge in [0.05, 0.1) is 23.1 Å². The molecule has 0 spiro atoms. The van der Waals surface area contributed by atoms with Crippen LogP contribution in [-0.2, 0) is 0 Å². The molecule has 0 unspecified atom stereocenters. The van der Waals surface area contributed by atoms with Crippen LogP contribution in [0.3, 0.4) is 0 Å². The quantitative estimate of drug-likeness (QED) is 0.482. The maximum atomic E-state index is 14.2.